The topological polar surface area (TPSA) is 75.1 Å². The van der Waals surface area contributed by atoms with E-state index in [1.807, 2.05) is 0 Å². The van der Waals surface area contributed by atoms with Gasteiger partial charge in [-0.25, -0.2) is 14.8 Å². The van der Waals surface area contributed by atoms with E-state index < -0.39 is 5.97 Å². The summed E-state index contributed by atoms with van der Waals surface area (Å²) in [5, 5.41) is 12.0. The second kappa shape index (κ2) is 4.35. The highest BCUT2D eigenvalue weighted by Gasteiger charge is 2.17. The Bertz CT molecular complexity index is 344. The van der Waals surface area contributed by atoms with E-state index in [4.69, 9.17) is 5.11 Å². The van der Waals surface area contributed by atoms with Gasteiger partial charge < -0.3 is 10.4 Å². The van der Waals surface area contributed by atoms with Crippen molar-refractivity contribution >= 4 is 5.97 Å². The Labute approximate surface area is 87.6 Å². The Hall–Kier alpha value is -1.49. The molecule has 5 heteroatoms. The van der Waals surface area contributed by atoms with Crippen LogP contribution in [0.5, 0.6) is 0 Å². The summed E-state index contributed by atoms with van der Waals surface area (Å²) in [6, 6.07) is 0. The number of carboxylic acids is 1. The Morgan fingerprint density at radius 2 is 2.20 bits per heavy atom. The molecular formula is C10H13N3O2. The van der Waals surface area contributed by atoms with Crippen LogP contribution in [0.3, 0.4) is 0 Å². The number of carbonyl (C=O) groups is 1. The summed E-state index contributed by atoms with van der Waals surface area (Å²) in [6.07, 6.45) is 4.94. The molecule has 0 saturated carbocycles. The lowest BCUT2D eigenvalue weighted by Gasteiger charge is -2.21. The number of aromatic carboxylic acids is 1. The third-order valence-corrected chi connectivity index (χ3v) is 2.58. The van der Waals surface area contributed by atoms with Crippen molar-refractivity contribution in [3.63, 3.8) is 0 Å². The van der Waals surface area contributed by atoms with Gasteiger partial charge >= 0.3 is 5.97 Å². The molecule has 0 aliphatic carbocycles. The SMILES string of the molecule is O=C(O)c1cnc(C2CCCNC2)nc1. The van der Waals surface area contributed by atoms with E-state index in [1.54, 1.807) is 0 Å². The van der Waals surface area contributed by atoms with Crippen molar-refractivity contribution in [2.24, 2.45) is 0 Å². The monoisotopic (exact) mass is 207 g/mol. The maximum Gasteiger partial charge on any atom is 0.338 e. The van der Waals surface area contributed by atoms with Crippen molar-refractivity contribution in [3.05, 3.63) is 23.8 Å². The fraction of sp³-hybridized carbons (Fsp3) is 0.500. The molecule has 1 saturated heterocycles. The van der Waals surface area contributed by atoms with Crippen molar-refractivity contribution in [1.29, 1.82) is 0 Å². The van der Waals surface area contributed by atoms with Crippen molar-refractivity contribution in [2.45, 2.75) is 18.8 Å². The second-order valence-electron chi connectivity index (χ2n) is 3.68. The average Bonchev–Trinajstić information content (AvgIpc) is 2.30. The molecule has 0 spiro atoms. The molecule has 1 aromatic rings. The molecular weight excluding hydrogens is 194 g/mol. The molecule has 1 fully saturated rings. The number of carboxylic acid groups (broad SMARTS) is 1. The zero-order chi connectivity index (χ0) is 10.7. The molecule has 0 radical (unpaired) electrons. The van der Waals surface area contributed by atoms with Crippen molar-refractivity contribution < 1.29 is 9.90 Å². The van der Waals surface area contributed by atoms with Crippen molar-refractivity contribution in [1.82, 2.24) is 15.3 Å². The van der Waals surface area contributed by atoms with Crippen LogP contribution in [0.25, 0.3) is 0 Å². The third-order valence-electron chi connectivity index (χ3n) is 2.58. The number of hydrogen-bond donors (Lipinski definition) is 2. The summed E-state index contributed by atoms with van der Waals surface area (Å²) in [5.74, 6) is 0.0807. The van der Waals surface area contributed by atoms with Crippen LogP contribution in [0, 0.1) is 0 Å². The predicted octanol–water partition coefficient (Wildman–Crippen LogP) is 0.642. The Morgan fingerprint density at radius 1 is 1.47 bits per heavy atom. The van der Waals surface area contributed by atoms with E-state index in [1.165, 1.54) is 12.4 Å². The highest BCUT2D eigenvalue weighted by molar-refractivity contribution is 5.86. The van der Waals surface area contributed by atoms with Gasteiger partial charge in [-0.3, -0.25) is 0 Å². The molecule has 80 valence electrons. The van der Waals surface area contributed by atoms with E-state index in [0.29, 0.717) is 5.92 Å². The summed E-state index contributed by atoms with van der Waals surface area (Å²) in [6.45, 7) is 1.93. The summed E-state index contributed by atoms with van der Waals surface area (Å²) in [4.78, 5) is 18.8. The van der Waals surface area contributed by atoms with E-state index in [0.717, 1.165) is 31.8 Å². The molecule has 1 aromatic heterocycles. The molecule has 0 aromatic carbocycles. The molecule has 1 unspecified atom stereocenters. The van der Waals surface area contributed by atoms with Crippen LogP contribution in [0.15, 0.2) is 12.4 Å². The van der Waals surface area contributed by atoms with Gasteiger partial charge in [-0.15, -0.1) is 0 Å². The Kier molecular flexibility index (Phi) is 2.91. The second-order valence-corrected chi connectivity index (χ2v) is 3.68. The van der Waals surface area contributed by atoms with Gasteiger partial charge in [0.25, 0.3) is 0 Å². The van der Waals surface area contributed by atoms with Crippen LogP contribution >= 0.6 is 0 Å². The standard InChI is InChI=1S/C10H13N3O2/c14-10(15)8-5-12-9(13-6-8)7-2-1-3-11-4-7/h5-7,11H,1-4H2,(H,14,15). The van der Waals surface area contributed by atoms with E-state index in [9.17, 15) is 4.79 Å². The first-order valence-corrected chi connectivity index (χ1v) is 5.03. The number of rotatable bonds is 2. The molecule has 0 amide bonds. The zero-order valence-corrected chi connectivity index (χ0v) is 8.31. The maximum absolute atomic E-state index is 10.6. The number of aromatic nitrogens is 2. The minimum Gasteiger partial charge on any atom is -0.478 e. The van der Waals surface area contributed by atoms with Gasteiger partial charge in [-0.1, -0.05) is 0 Å². The van der Waals surface area contributed by atoms with Crippen molar-refractivity contribution in [2.75, 3.05) is 13.1 Å². The number of nitrogens with zero attached hydrogens (tertiary/aromatic N) is 2. The van der Waals surface area contributed by atoms with Crippen LogP contribution in [0.2, 0.25) is 0 Å². The molecule has 1 aliphatic rings. The molecule has 0 bridgehead atoms. The molecule has 1 aliphatic heterocycles. The summed E-state index contributed by atoms with van der Waals surface area (Å²) in [7, 11) is 0. The normalized spacial score (nSPS) is 21.2. The average molecular weight is 207 g/mol. The number of piperidine rings is 1. The van der Waals surface area contributed by atoms with E-state index in [2.05, 4.69) is 15.3 Å². The van der Waals surface area contributed by atoms with E-state index >= 15 is 0 Å². The third kappa shape index (κ3) is 2.30. The minimum absolute atomic E-state index is 0.141. The summed E-state index contributed by atoms with van der Waals surface area (Å²) >= 11 is 0. The van der Waals surface area contributed by atoms with Gasteiger partial charge in [0.1, 0.15) is 5.82 Å². The fourth-order valence-electron chi connectivity index (χ4n) is 1.73. The lowest BCUT2D eigenvalue weighted by molar-refractivity contribution is 0.0696. The van der Waals surface area contributed by atoms with Crippen LogP contribution in [-0.2, 0) is 0 Å². The van der Waals surface area contributed by atoms with Gasteiger partial charge in [0.05, 0.1) is 5.56 Å². The zero-order valence-electron chi connectivity index (χ0n) is 8.31. The quantitative estimate of drug-likeness (QED) is 0.744. The maximum atomic E-state index is 10.6. The van der Waals surface area contributed by atoms with Crippen LogP contribution in [0.4, 0.5) is 0 Å². The molecule has 2 N–H and O–H groups in total. The number of hydrogen-bond acceptors (Lipinski definition) is 4. The summed E-state index contributed by atoms with van der Waals surface area (Å²) in [5.41, 5.74) is 0.141. The number of nitrogens with one attached hydrogen (secondary N) is 1. The summed E-state index contributed by atoms with van der Waals surface area (Å²) < 4.78 is 0. The predicted molar refractivity (Wildman–Crippen MR) is 53.8 cm³/mol. The first kappa shape index (κ1) is 10.0. The highest BCUT2D eigenvalue weighted by Crippen LogP contribution is 2.19. The first-order valence-electron chi connectivity index (χ1n) is 5.03. The van der Waals surface area contributed by atoms with Gasteiger partial charge in [0, 0.05) is 24.9 Å². The Balaban J connectivity index is 2.11. The molecule has 2 rings (SSSR count). The van der Waals surface area contributed by atoms with Gasteiger partial charge in [-0.2, -0.15) is 0 Å². The van der Waals surface area contributed by atoms with Crippen LogP contribution < -0.4 is 5.32 Å². The lowest BCUT2D eigenvalue weighted by atomic mass is 9.99. The minimum atomic E-state index is -0.983. The van der Waals surface area contributed by atoms with Crippen LogP contribution in [0.1, 0.15) is 34.9 Å². The van der Waals surface area contributed by atoms with Gasteiger partial charge in [0.2, 0.25) is 0 Å². The Morgan fingerprint density at radius 3 is 2.73 bits per heavy atom. The van der Waals surface area contributed by atoms with Crippen LogP contribution in [-0.4, -0.2) is 34.1 Å². The fourth-order valence-corrected chi connectivity index (χ4v) is 1.73. The molecule has 2 heterocycles. The highest BCUT2D eigenvalue weighted by atomic mass is 16.4. The molecule has 15 heavy (non-hydrogen) atoms. The largest absolute Gasteiger partial charge is 0.478 e. The van der Waals surface area contributed by atoms with Gasteiger partial charge in [0.15, 0.2) is 0 Å². The van der Waals surface area contributed by atoms with Crippen molar-refractivity contribution in [3.8, 4) is 0 Å². The van der Waals surface area contributed by atoms with E-state index in [-0.39, 0.29) is 5.56 Å². The molecule has 1 atom stereocenters. The molecule has 5 nitrogen and oxygen atoms in total. The lowest BCUT2D eigenvalue weighted by Crippen LogP contribution is -2.29. The first-order chi connectivity index (χ1) is 7.27. The smallest absolute Gasteiger partial charge is 0.338 e. The van der Waals surface area contributed by atoms with Gasteiger partial charge in [-0.05, 0) is 19.4 Å².